The Morgan fingerprint density at radius 3 is 0.803 bits per heavy atom. The molecule has 0 aromatic heterocycles. The minimum absolute atomic E-state index is 0.671. The van der Waals surface area contributed by atoms with Gasteiger partial charge in [0.1, 0.15) is 0 Å². The van der Waals surface area contributed by atoms with Crippen LogP contribution in [0.25, 0.3) is 0 Å². The van der Waals surface area contributed by atoms with Crippen molar-refractivity contribution in [2.24, 2.45) is 9.98 Å². The van der Waals surface area contributed by atoms with E-state index in [-0.39, 0.29) is 0 Å². The first-order chi connectivity index (χ1) is 32.6. The van der Waals surface area contributed by atoms with Gasteiger partial charge in [0, 0.05) is 10.0 Å². The van der Waals surface area contributed by atoms with Crippen LogP contribution in [0, 0.1) is 0 Å². The van der Waals surface area contributed by atoms with Gasteiger partial charge < -0.3 is 0 Å². The Bertz CT molecular complexity index is 2840. The highest BCUT2D eigenvalue weighted by Gasteiger charge is 2.61. The van der Waals surface area contributed by atoms with Crippen LogP contribution < -0.4 is 20.0 Å². The molecule has 2 aliphatic heterocycles. The number of para-hydroxylation sites is 2. The highest BCUT2D eigenvalue weighted by atomic mass is 35.5. The Labute approximate surface area is 395 Å². The summed E-state index contributed by atoms with van der Waals surface area (Å²) in [6.07, 6.45) is 0. The smallest absolute Gasteiger partial charge is 0.171 e. The highest BCUT2D eigenvalue weighted by molar-refractivity contribution is 6.31. The SMILES string of the molecule is Clc1ccc(N2N(c3ccccc3)C(=Nc3ccc(N=C4N(c5ccccc5)N(c5ccc(Cl)cc5)C4(c4ccccc4)c4ccccc4)cc3)C2(c2ccccc2)c2ccccc2)cc1. The van der Waals surface area contributed by atoms with Gasteiger partial charge in [0.05, 0.1) is 34.1 Å². The second-order valence-corrected chi connectivity index (χ2v) is 17.0. The van der Waals surface area contributed by atoms with Gasteiger partial charge in [-0.15, -0.1) is 0 Å². The quantitative estimate of drug-likeness (QED) is 0.137. The van der Waals surface area contributed by atoms with Crippen molar-refractivity contribution >= 4 is 69.0 Å². The van der Waals surface area contributed by atoms with Crippen molar-refractivity contribution in [2.45, 2.75) is 11.1 Å². The topological polar surface area (TPSA) is 37.7 Å². The summed E-state index contributed by atoms with van der Waals surface area (Å²) >= 11 is 13.0. The first-order valence-electron chi connectivity index (χ1n) is 21.9. The maximum absolute atomic E-state index is 6.51. The Kier molecular flexibility index (Phi) is 10.7. The van der Waals surface area contributed by atoms with Crippen molar-refractivity contribution < 1.29 is 0 Å². The van der Waals surface area contributed by atoms with Crippen molar-refractivity contribution in [3.8, 4) is 0 Å². The molecular weight excluding hydrogens is 852 g/mol. The average Bonchev–Trinajstić information content (AvgIpc) is 3.37. The van der Waals surface area contributed by atoms with Crippen molar-refractivity contribution in [2.75, 3.05) is 20.0 Å². The van der Waals surface area contributed by atoms with E-state index in [1.165, 1.54) is 0 Å². The molecule has 66 heavy (non-hydrogen) atoms. The molecule has 2 saturated heterocycles. The van der Waals surface area contributed by atoms with E-state index in [1.54, 1.807) is 0 Å². The van der Waals surface area contributed by atoms with E-state index in [0.29, 0.717) is 10.0 Å². The molecule has 2 fully saturated rings. The van der Waals surface area contributed by atoms with Crippen LogP contribution in [0.15, 0.2) is 265 Å². The molecule has 318 valence electrons. The molecule has 2 heterocycles. The maximum atomic E-state index is 6.51. The molecule has 11 rings (SSSR count). The fourth-order valence-corrected chi connectivity index (χ4v) is 9.70. The molecule has 0 N–H and O–H groups in total. The molecule has 0 radical (unpaired) electrons. The summed E-state index contributed by atoms with van der Waals surface area (Å²) in [6, 6.07) is 87.5. The van der Waals surface area contributed by atoms with Crippen molar-refractivity contribution in [1.82, 2.24) is 0 Å². The van der Waals surface area contributed by atoms with E-state index in [0.717, 1.165) is 68.0 Å². The summed E-state index contributed by atoms with van der Waals surface area (Å²) in [4.78, 5) is 11.2. The molecule has 9 aromatic rings. The number of hydrogen-bond acceptors (Lipinski definition) is 4. The minimum atomic E-state index is -0.816. The largest absolute Gasteiger partial charge is 0.257 e. The lowest BCUT2D eigenvalue weighted by Crippen LogP contribution is -2.77. The van der Waals surface area contributed by atoms with E-state index in [9.17, 15) is 0 Å². The number of benzene rings is 9. The van der Waals surface area contributed by atoms with Gasteiger partial charge in [-0.25, -0.2) is 20.0 Å². The van der Waals surface area contributed by atoms with Crippen LogP contribution in [0.4, 0.5) is 34.1 Å². The van der Waals surface area contributed by atoms with Crippen LogP contribution >= 0.6 is 23.2 Å². The van der Waals surface area contributed by atoms with E-state index in [2.05, 4.69) is 238 Å². The second kappa shape index (κ2) is 17.2. The minimum Gasteiger partial charge on any atom is -0.257 e. The molecule has 0 atom stereocenters. The summed E-state index contributed by atoms with van der Waals surface area (Å²) < 4.78 is 0. The molecule has 0 aliphatic carbocycles. The van der Waals surface area contributed by atoms with Crippen molar-refractivity contribution in [3.05, 3.63) is 287 Å². The standard InChI is InChI=1S/C58H42Cl2N6/c59-47-31-39-53(40-32-47)65-57(43-19-7-1-8-20-43,44-21-9-2-10-22-44)55(63(65)51-27-15-5-16-28-51)61-49-35-37-50(38-36-49)62-56-58(45-23-11-3-12-24-45,46-25-13-4-14-26-46)66(54-41-33-48(60)34-42-54)64(56)52-29-17-6-18-30-52/h1-42H. The molecule has 6 nitrogen and oxygen atoms in total. The predicted molar refractivity (Wildman–Crippen MR) is 274 cm³/mol. The molecule has 0 bridgehead atoms. The van der Waals surface area contributed by atoms with Crippen LogP contribution in [-0.4, -0.2) is 11.7 Å². The number of anilines is 4. The number of hydrogen-bond donors (Lipinski definition) is 0. The molecule has 0 spiro atoms. The molecule has 9 aromatic carbocycles. The first kappa shape index (κ1) is 40.8. The third-order valence-corrected chi connectivity index (χ3v) is 12.8. The van der Waals surface area contributed by atoms with Crippen LogP contribution in [0.2, 0.25) is 10.0 Å². The predicted octanol–water partition coefficient (Wildman–Crippen LogP) is 14.8. The summed E-state index contributed by atoms with van der Waals surface area (Å²) in [5, 5.41) is 10.4. The van der Waals surface area contributed by atoms with Crippen LogP contribution in [0.3, 0.4) is 0 Å². The maximum Gasteiger partial charge on any atom is 0.171 e. The van der Waals surface area contributed by atoms with Gasteiger partial charge in [0.2, 0.25) is 0 Å². The third kappa shape index (κ3) is 6.81. The summed E-state index contributed by atoms with van der Waals surface area (Å²) in [7, 11) is 0. The number of aliphatic imine (C=N–C) groups is 2. The summed E-state index contributed by atoms with van der Waals surface area (Å²) in [5.74, 6) is 1.69. The van der Waals surface area contributed by atoms with E-state index in [1.807, 2.05) is 36.4 Å². The van der Waals surface area contributed by atoms with Gasteiger partial charge in [0.25, 0.3) is 0 Å². The molecule has 0 unspecified atom stereocenters. The summed E-state index contributed by atoms with van der Waals surface area (Å²) in [6.45, 7) is 0. The number of hydrazine groups is 2. The fourth-order valence-electron chi connectivity index (χ4n) is 9.45. The lowest BCUT2D eigenvalue weighted by molar-refractivity contribution is 0.535. The van der Waals surface area contributed by atoms with Crippen LogP contribution in [-0.2, 0) is 11.1 Å². The zero-order valence-corrected chi connectivity index (χ0v) is 37.2. The summed E-state index contributed by atoms with van der Waals surface area (Å²) in [5.41, 5.74) is 8.15. The highest BCUT2D eigenvalue weighted by Crippen LogP contribution is 2.54. The zero-order valence-electron chi connectivity index (χ0n) is 35.7. The van der Waals surface area contributed by atoms with Gasteiger partial charge >= 0.3 is 0 Å². The van der Waals surface area contributed by atoms with E-state index in [4.69, 9.17) is 33.2 Å². The van der Waals surface area contributed by atoms with E-state index >= 15 is 0 Å². The van der Waals surface area contributed by atoms with Crippen LogP contribution in [0.1, 0.15) is 22.3 Å². The molecule has 0 saturated carbocycles. The number of halogens is 2. The third-order valence-electron chi connectivity index (χ3n) is 12.3. The number of rotatable bonds is 10. The van der Waals surface area contributed by atoms with Gasteiger partial charge in [0.15, 0.2) is 22.7 Å². The van der Waals surface area contributed by atoms with Crippen LogP contribution in [0.5, 0.6) is 0 Å². The number of amidine groups is 2. The van der Waals surface area contributed by atoms with Gasteiger partial charge in [-0.3, -0.25) is 10.0 Å². The lowest BCUT2D eigenvalue weighted by atomic mass is 9.76. The molecular formula is C58H42Cl2N6. The lowest BCUT2D eigenvalue weighted by Gasteiger charge is -2.62. The average molecular weight is 894 g/mol. The number of nitrogens with zero attached hydrogens (tertiary/aromatic N) is 6. The first-order valence-corrected chi connectivity index (χ1v) is 22.6. The Morgan fingerprint density at radius 1 is 0.273 bits per heavy atom. The Balaban J connectivity index is 1.10. The fraction of sp³-hybridized carbons (Fsp3) is 0.0345. The molecule has 8 heteroatoms. The Morgan fingerprint density at radius 2 is 0.530 bits per heavy atom. The van der Waals surface area contributed by atoms with Crippen molar-refractivity contribution in [3.63, 3.8) is 0 Å². The van der Waals surface area contributed by atoms with Gasteiger partial charge in [-0.05, 0) is 119 Å². The van der Waals surface area contributed by atoms with Crippen molar-refractivity contribution in [1.29, 1.82) is 0 Å². The zero-order chi connectivity index (χ0) is 44.5. The Hall–Kier alpha value is -7.90. The van der Waals surface area contributed by atoms with Gasteiger partial charge in [-0.1, -0.05) is 181 Å². The monoisotopic (exact) mass is 892 g/mol. The molecule has 0 amide bonds. The second-order valence-electron chi connectivity index (χ2n) is 16.1. The normalized spacial score (nSPS) is 16.2. The van der Waals surface area contributed by atoms with E-state index < -0.39 is 11.1 Å². The van der Waals surface area contributed by atoms with Gasteiger partial charge in [-0.2, -0.15) is 0 Å². The molecule has 2 aliphatic rings.